The summed E-state index contributed by atoms with van der Waals surface area (Å²) in [6.07, 6.45) is 4.71. The molecule has 1 heterocycles. The molecule has 2 rings (SSSR count). The van der Waals surface area contributed by atoms with Gasteiger partial charge in [-0.15, -0.1) is 0 Å². The Bertz CT molecular complexity index is 589. The van der Waals surface area contributed by atoms with Crippen molar-refractivity contribution in [3.63, 3.8) is 0 Å². The van der Waals surface area contributed by atoms with Gasteiger partial charge in [0.25, 0.3) is 0 Å². The number of hydrogen-bond donors (Lipinski definition) is 1. The Labute approximate surface area is 118 Å². The Morgan fingerprint density at radius 1 is 1.15 bits per heavy atom. The average molecular weight is 267 g/mol. The zero-order chi connectivity index (χ0) is 14.4. The molecular weight excluding hydrogens is 250 g/mol. The summed E-state index contributed by atoms with van der Waals surface area (Å²) in [5, 5.41) is 3.06. The van der Waals surface area contributed by atoms with Gasteiger partial charge in [0.2, 0.25) is 5.78 Å². The van der Waals surface area contributed by atoms with Crippen molar-refractivity contribution >= 4 is 17.2 Å². The van der Waals surface area contributed by atoms with Gasteiger partial charge in [0.15, 0.2) is 0 Å². The molecule has 1 N–H and O–H groups in total. The number of nitrogens with one attached hydrogen (secondary N) is 1. The molecule has 0 amide bonds. The Morgan fingerprint density at radius 3 is 2.50 bits per heavy atom. The predicted octanol–water partition coefficient (Wildman–Crippen LogP) is 2.96. The first-order valence-electron chi connectivity index (χ1n) is 6.32. The van der Waals surface area contributed by atoms with E-state index in [1.165, 1.54) is 6.08 Å². The molecule has 0 spiro atoms. The summed E-state index contributed by atoms with van der Waals surface area (Å²) in [7, 11) is 3.99. The molecule has 0 unspecified atom stereocenters. The second-order valence-electron chi connectivity index (χ2n) is 4.50. The molecule has 4 heteroatoms. The maximum absolute atomic E-state index is 11.8. The molecule has 0 saturated heterocycles. The van der Waals surface area contributed by atoms with Crippen LogP contribution in [0.2, 0.25) is 0 Å². The largest absolute Gasteiger partial charge is 0.378 e. The molecule has 0 bridgehead atoms. The molecule has 4 nitrogen and oxygen atoms in total. The number of rotatable bonds is 5. The normalized spacial score (nSPS) is 10.5. The Kier molecular flexibility index (Phi) is 4.50. The van der Waals surface area contributed by atoms with Crippen molar-refractivity contribution in [2.45, 2.75) is 0 Å². The van der Waals surface area contributed by atoms with Crippen LogP contribution in [0, 0.1) is 0 Å². The van der Waals surface area contributed by atoms with Gasteiger partial charge < -0.3 is 10.2 Å². The molecule has 0 aliphatic rings. The van der Waals surface area contributed by atoms with Crippen LogP contribution >= 0.6 is 0 Å². The quantitative estimate of drug-likeness (QED) is 0.668. The van der Waals surface area contributed by atoms with E-state index in [4.69, 9.17) is 0 Å². The summed E-state index contributed by atoms with van der Waals surface area (Å²) in [6.45, 7) is 0. The summed E-state index contributed by atoms with van der Waals surface area (Å²) >= 11 is 0. The predicted molar refractivity (Wildman–Crippen MR) is 82.1 cm³/mol. The smallest absolute Gasteiger partial charge is 0.205 e. The molecule has 0 radical (unpaired) electrons. The molecule has 102 valence electrons. The van der Waals surface area contributed by atoms with Gasteiger partial charge in [0.1, 0.15) is 5.69 Å². The third kappa shape index (κ3) is 3.68. The fraction of sp³-hybridized carbons (Fsp3) is 0.125. The van der Waals surface area contributed by atoms with Crippen LogP contribution < -0.4 is 10.2 Å². The maximum Gasteiger partial charge on any atom is 0.205 e. The molecule has 1 aromatic carbocycles. The van der Waals surface area contributed by atoms with Crippen LogP contribution in [0.25, 0.3) is 0 Å². The lowest BCUT2D eigenvalue weighted by molar-refractivity contribution is 0.104. The van der Waals surface area contributed by atoms with Gasteiger partial charge in [-0.05, 0) is 36.4 Å². The molecule has 0 aliphatic carbocycles. The van der Waals surface area contributed by atoms with E-state index in [1.807, 2.05) is 43.3 Å². The lowest BCUT2D eigenvalue weighted by Gasteiger charge is -2.12. The van der Waals surface area contributed by atoms with Crippen molar-refractivity contribution in [3.05, 3.63) is 66.6 Å². The molecule has 0 saturated carbocycles. The molecule has 0 aliphatic heterocycles. The van der Waals surface area contributed by atoms with Gasteiger partial charge in [-0.2, -0.15) is 0 Å². The van der Waals surface area contributed by atoms with Crippen LogP contribution in [0.5, 0.6) is 0 Å². The van der Waals surface area contributed by atoms with E-state index >= 15 is 0 Å². The fourth-order valence-corrected chi connectivity index (χ4v) is 1.66. The molecule has 2 aromatic rings. The van der Waals surface area contributed by atoms with Crippen LogP contribution in [0.15, 0.2) is 60.9 Å². The molecule has 20 heavy (non-hydrogen) atoms. The molecule has 0 atom stereocenters. The summed E-state index contributed by atoms with van der Waals surface area (Å²) < 4.78 is 0. The standard InChI is InChI=1S/C16H17N3O/c1-19(2)14-8-6-13(7-9-14)17-12-10-16(20)15-5-3-4-11-18-15/h3-12,17H,1-2H3/b12-10+. The van der Waals surface area contributed by atoms with E-state index < -0.39 is 0 Å². The highest BCUT2D eigenvalue weighted by Gasteiger charge is 2.00. The Hall–Kier alpha value is -2.62. The lowest BCUT2D eigenvalue weighted by Crippen LogP contribution is -2.08. The highest BCUT2D eigenvalue weighted by Crippen LogP contribution is 2.15. The highest BCUT2D eigenvalue weighted by atomic mass is 16.1. The maximum atomic E-state index is 11.8. The van der Waals surface area contributed by atoms with Gasteiger partial charge in [0, 0.05) is 43.9 Å². The lowest BCUT2D eigenvalue weighted by atomic mass is 10.2. The van der Waals surface area contributed by atoms with E-state index in [2.05, 4.69) is 10.3 Å². The van der Waals surface area contributed by atoms with Crippen LogP contribution in [-0.2, 0) is 0 Å². The van der Waals surface area contributed by atoms with Gasteiger partial charge in [-0.1, -0.05) is 6.07 Å². The number of carbonyl (C=O) groups is 1. The summed E-state index contributed by atoms with van der Waals surface area (Å²) in [4.78, 5) is 17.8. The molecule has 1 aromatic heterocycles. The molecular formula is C16H17N3O. The zero-order valence-corrected chi connectivity index (χ0v) is 11.6. The van der Waals surface area contributed by atoms with Gasteiger partial charge in [-0.3, -0.25) is 9.78 Å². The van der Waals surface area contributed by atoms with Crippen molar-refractivity contribution in [1.82, 2.24) is 4.98 Å². The van der Waals surface area contributed by atoms with Crippen molar-refractivity contribution in [2.24, 2.45) is 0 Å². The minimum absolute atomic E-state index is 0.122. The Balaban J connectivity index is 1.95. The van der Waals surface area contributed by atoms with Crippen LogP contribution in [0.1, 0.15) is 10.5 Å². The number of hydrogen-bond acceptors (Lipinski definition) is 4. The van der Waals surface area contributed by atoms with Crippen molar-refractivity contribution in [1.29, 1.82) is 0 Å². The van der Waals surface area contributed by atoms with Crippen LogP contribution in [0.3, 0.4) is 0 Å². The number of aromatic nitrogens is 1. The number of ketones is 1. The first-order chi connectivity index (χ1) is 9.66. The second kappa shape index (κ2) is 6.52. The number of anilines is 2. The van der Waals surface area contributed by atoms with Crippen LogP contribution in [-0.4, -0.2) is 24.9 Å². The summed E-state index contributed by atoms with van der Waals surface area (Å²) in [5.41, 5.74) is 2.50. The number of carbonyl (C=O) groups excluding carboxylic acids is 1. The monoisotopic (exact) mass is 267 g/mol. The first-order valence-corrected chi connectivity index (χ1v) is 6.32. The van der Waals surface area contributed by atoms with E-state index in [0.29, 0.717) is 5.69 Å². The first kappa shape index (κ1) is 13.8. The van der Waals surface area contributed by atoms with E-state index in [9.17, 15) is 4.79 Å². The molecule has 0 fully saturated rings. The highest BCUT2D eigenvalue weighted by molar-refractivity contribution is 6.03. The second-order valence-corrected chi connectivity index (χ2v) is 4.50. The zero-order valence-electron chi connectivity index (χ0n) is 11.6. The van der Waals surface area contributed by atoms with Gasteiger partial charge in [0.05, 0.1) is 0 Å². The van der Waals surface area contributed by atoms with E-state index in [-0.39, 0.29) is 5.78 Å². The van der Waals surface area contributed by atoms with E-state index in [1.54, 1.807) is 30.6 Å². The average Bonchev–Trinajstić information content (AvgIpc) is 2.48. The summed E-state index contributed by atoms with van der Waals surface area (Å²) in [5.74, 6) is -0.122. The van der Waals surface area contributed by atoms with E-state index in [0.717, 1.165) is 11.4 Å². The third-order valence-electron chi connectivity index (χ3n) is 2.79. The minimum atomic E-state index is -0.122. The van der Waals surface area contributed by atoms with Crippen molar-refractivity contribution < 1.29 is 4.79 Å². The number of nitrogens with zero attached hydrogens (tertiary/aromatic N) is 2. The fourth-order valence-electron chi connectivity index (χ4n) is 1.66. The number of benzene rings is 1. The summed E-state index contributed by atoms with van der Waals surface area (Å²) in [6, 6.07) is 13.2. The third-order valence-corrected chi connectivity index (χ3v) is 2.79. The number of allylic oxidation sites excluding steroid dienone is 1. The van der Waals surface area contributed by atoms with Gasteiger partial charge in [-0.25, -0.2) is 0 Å². The number of pyridine rings is 1. The Morgan fingerprint density at radius 2 is 1.90 bits per heavy atom. The topological polar surface area (TPSA) is 45.2 Å². The SMILES string of the molecule is CN(C)c1ccc(N/C=C/C(=O)c2ccccn2)cc1. The van der Waals surface area contributed by atoms with Crippen molar-refractivity contribution in [3.8, 4) is 0 Å². The minimum Gasteiger partial charge on any atom is -0.378 e. The van der Waals surface area contributed by atoms with Gasteiger partial charge >= 0.3 is 0 Å². The van der Waals surface area contributed by atoms with Crippen molar-refractivity contribution in [2.75, 3.05) is 24.3 Å². The van der Waals surface area contributed by atoms with Crippen LogP contribution in [0.4, 0.5) is 11.4 Å².